The molecule has 1 fully saturated rings. The molecule has 0 spiro atoms. The number of nitrogens with zero attached hydrogens (tertiary/aromatic N) is 3. The Morgan fingerprint density at radius 1 is 1.24 bits per heavy atom. The number of carboxylic acids is 3. The highest BCUT2D eigenvalue weighted by Gasteiger charge is 2.21. The van der Waals surface area contributed by atoms with Crippen LogP contribution in [-0.2, 0) is 16.1 Å². The van der Waals surface area contributed by atoms with Crippen molar-refractivity contribution >= 4 is 34.8 Å². The van der Waals surface area contributed by atoms with Crippen LogP contribution in [0.3, 0.4) is 0 Å². The summed E-state index contributed by atoms with van der Waals surface area (Å²) in [5, 5.41) is 28.6. The molecule has 180 valence electrons. The van der Waals surface area contributed by atoms with E-state index in [1.807, 2.05) is 11.8 Å². The van der Waals surface area contributed by atoms with E-state index in [4.69, 9.17) is 21.1 Å². The van der Waals surface area contributed by atoms with Crippen LogP contribution in [0.5, 0.6) is 0 Å². The minimum atomic E-state index is -1.33. The van der Waals surface area contributed by atoms with Gasteiger partial charge in [-0.1, -0.05) is 0 Å². The Labute approximate surface area is 187 Å². The van der Waals surface area contributed by atoms with Crippen molar-refractivity contribution in [3.63, 3.8) is 0 Å². The highest BCUT2D eigenvalue weighted by atomic mass is 19.1. The van der Waals surface area contributed by atoms with Crippen LogP contribution in [0.1, 0.15) is 30.1 Å². The number of fused-ring (bicyclic) bond motifs is 1. The van der Waals surface area contributed by atoms with Crippen molar-refractivity contribution in [3.05, 3.63) is 33.9 Å². The van der Waals surface area contributed by atoms with Gasteiger partial charge in [0, 0.05) is 45.3 Å². The van der Waals surface area contributed by atoms with E-state index in [2.05, 4.69) is 10.3 Å². The van der Waals surface area contributed by atoms with E-state index in [1.54, 1.807) is 4.57 Å². The number of hydrogen-bond acceptors (Lipinski definition) is 8. The lowest BCUT2D eigenvalue weighted by Crippen LogP contribution is -2.44. The average Bonchev–Trinajstić information content (AvgIpc) is 2.78. The standard InChI is InChI=1S/C15H17FN4O3.C5H9NO4/c1-2-19-8-10(15(22)23)12(21)9-7-11(16)14(18-13(9)19)20-5-3-17-4-6-20;6-3(5(9)10)1-2-4(7)8/h7-8,17H,2-6H2,1H3,(H,22,23);3H,1-2,6H2,(H,7,8)(H,9,10)/t;3-/m.0/s1. The quantitative estimate of drug-likeness (QED) is 0.366. The van der Waals surface area contributed by atoms with Gasteiger partial charge in [0.05, 0.1) is 5.39 Å². The first-order valence-electron chi connectivity index (χ1n) is 10.2. The van der Waals surface area contributed by atoms with E-state index in [-0.39, 0.29) is 29.6 Å². The second-order valence-electron chi connectivity index (χ2n) is 7.24. The molecule has 0 aliphatic carbocycles. The number of carboxylic acid groups (broad SMARTS) is 3. The summed E-state index contributed by atoms with van der Waals surface area (Å²) < 4.78 is 16.0. The van der Waals surface area contributed by atoms with E-state index in [0.717, 1.165) is 19.2 Å². The second kappa shape index (κ2) is 11.3. The number of aromatic carboxylic acids is 1. The van der Waals surface area contributed by atoms with Crippen molar-refractivity contribution in [2.24, 2.45) is 5.73 Å². The number of nitrogens with one attached hydrogen (secondary N) is 1. The molecule has 0 saturated carbocycles. The largest absolute Gasteiger partial charge is 0.481 e. The summed E-state index contributed by atoms with van der Waals surface area (Å²) in [6.45, 7) is 4.95. The summed E-state index contributed by atoms with van der Waals surface area (Å²) in [5.74, 6) is -3.94. The van der Waals surface area contributed by atoms with Gasteiger partial charge in [-0.15, -0.1) is 0 Å². The maximum atomic E-state index is 14.4. The topological polar surface area (TPSA) is 188 Å². The molecule has 33 heavy (non-hydrogen) atoms. The number of hydrogen-bond donors (Lipinski definition) is 5. The van der Waals surface area contributed by atoms with Crippen molar-refractivity contribution in [1.29, 1.82) is 0 Å². The van der Waals surface area contributed by atoms with Gasteiger partial charge >= 0.3 is 17.9 Å². The van der Waals surface area contributed by atoms with Gasteiger partial charge in [-0.3, -0.25) is 14.4 Å². The lowest BCUT2D eigenvalue weighted by atomic mass is 10.2. The Morgan fingerprint density at radius 3 is 2.39 bits per heavy atom. The molecule has 3 heterocycles. The van der Waals surface area contributed by atoms with Crippen molar-refractivity contribution in [2.75, 3.05) is 31.1 Å². The molecule has 1 atom stereocenters. The van der Waals surface area contributed by atoms with Crippen molar-refractivity contribution in [1.82, 2.24) is 14.9 Å². The Balaban J connectivity index is 0.000000328. The molecule has 1 saturated heterocycles. The van der Waals surface area contributed by atoms with Crippen LogP contribution < -0.4 is 21.4 Å². The number of nitrogens with two attached hydrogens (primary N) is 1. The first-order chi connectivity index (χ1) is 15.6. The van der Waals surface area contributed by atoms with E-state index in [0.29, 0.717) is 25.3 Å². The highest BCUT2D eigenvalue weighted by molar-refractivity contribution is 5.92. The van der Waals surface area contributed by atoms with E-state index >= 15 is 0 Å². The third-order valence-electron chi connectivity index (χ3n) is 4.96. The van der Waals surface area contributed by atoms with Gasteiger partial charge in [-0.2, -0.15) is 0 Å². The highest BCUT2D eigenvalue weighted by Crippen LogP contribution is 2.21. The molecule has 2 aromatic rings. The van der Waals surface area contributed by atoms with Gasteiger partial charge in [0.15, 0.2) is 11.6 Å². The van der Waals surface area contributed by atoms with Crippen LogP contribution in [-0.4, -0.2) is 75.0 Å². The van der Waals surface area contributed by atoms with Crippen LogP contribution in [0.25, 0.3) is 11.0 Å². The number of aliphatic carboxylic acids is 2. The molecule has 1 aliphatic rings. The molecule has 0 unspecified atom stereocenters. The smallest absolute Gasteiger partial charge is 0.341 e. The van der Waals surface area contributed by atoms with Gasteiger partial charge in [-0.05, 0) is 19.4 Å². The molecular weight excluding hydrogens is 441 g/mol. The zero-order valence-corrected chi connectivity index (χ0v) is 18.0. The molecule has 0 radical (unpaired) electrons. The summed E-state index contributed by atoms with van der Waals surface area (Å²) in [5.41, 5.74) is 4.21. The molecule has 6 N–H and O–H groups in total. The minimum absolute atomic E-state index is 0.0110. The minimum Gasteiger partial charge on any atom is -0.481 e. The number of carbonyl (C=O) groups is 3. The number of rotatable bonds is 7. The first kappa shape index (κ1) is 25.7. The fourth-order valence-electron chi connectivity index (χ4n) is 3.17. The maximum Gasteiger partial charge on any atom is 0.341 e. The molecule has 2 aromatic heterocycles. The van der Waals surface area contributed by atoms with Crippen LogP contribution in [0, 0.1) is 5.82 Å². The summed E-state index contributed by atoms with van der Waals surface area (Å²) >= 11 is 0. The third kappa shape index (κ3) is 6.46. The summed E-state index contributed by atoms with van der Waals surface area (Å²) in [6.07, 6.45) is 1.04. The van der Waals surface area contributed by atoms with E-state index in [1.165, 1.54) is 6.20 Å². The van der Waals surface area contributed by atoms with Crippen LogP contribution in [0.4, 0.5) is 10.2 Å². The summed E-state index contributed by atoms with van der Waals surface area (Å²) in [7, 11) is 0. The zero-order valence-electron chi connectivity index (χ0n) is 18.0. The summed E-state index contributed by atoms with van der Waals surface area (Å²) in [6, 6.07) is 0.0387. The van der Waals surface area contributed by atoms with Gasteiger partial charge in [0.2, 0.25) is 5.43 Å². The van der Waals surface area contributed by atoms with Crippen molar-refractivity contribution in [2.45, 2.75) is 32.4 Å². The summed E-state index contributed by atoms with van der Waals surface area (Å²) in [4.78, 5) is 49.5. The van der Waals surface area contributed by atoms with Crippen LogP contribution in [0.2, 0.25) is 0 Å². The first-order valence-corrected chi connectivity index (χ1v) is 10.2. The predicted molar refractivity (Wildman–Crippen MR) is 116 cm³/mol. The average molecular weight is 467 g/mol. The zero-order chi connectivity index (χ0) is 24.7. The number of halogens is 1. The van der Waals surface area contributed by atoms with Gasteiger partial charge in [0.25, 0.3) is 0 Å². The van der Waals surface area contributed by atoms with Crippen molar-refractivity contribution in [3.8, 4) is 0 Å². The molecule has 12 nitrogen and oxygen atoms in total. The Hall–Kier alpha value is -3.58. The molecular formula is C20H26FN5O7. The normalized spacial score (nSPS) is 14.3. The molecule has 0 amide bonds. The van der Waals surface area contributed by atoms with Gasteiger partial charge in [0.1, 0.15) is 17.3 Å². The number of aryl methyl sites for hydroxylation is 1. The predicted octanol–water partition coefficient (Wildman–Crippen LogP) is -0.0736. The molecule has 3 rings (SSSR count). The van der Waals surface area contributed by atoms with E-state index < -0.39 is 35.2 Å². The Bertz CT molecular complexity index is 1100. The second-order valence-corrected chi connectivity index (χ2v) is 7.24. The van der Waals surface area contributed by atoms with E-state index in [9.17, 15) is 23.6 Å². The lowest BCUT2D eigenvalue weighted by molar-refractivity contribution is -0.139. The molecule has 13 heteroatoms. The van der Waals surface area contributed by atoms with Crippen LogP contribution in [0.15, 0.2) is 17.1 Å². The number of anilines is 1. The Kier molecular flexibility index (Phi) is 8.82. The number of piperazine rings is 1. The molecule has 0 aromatic carbocycles. The maximum absolute atomic E-state index is 14.4. The van der Waals surface area contributed by atoms with Crippen LogP contribution >= 0.6 is 0 Å². The monoisotopic (exact) mass is 467 g/mol. The SMILES string of the molecule is CCn1cc(C(=O)O)c(=O)c2cc(F)c(N3CCNCC3)nc21.N[C@@H](CCC(=O)O)C(=O)O. The van der Waals surface area contributed by atoms with Gasteiger partial charge in [-0.25, -0.2) is 14.2 Å². The molecule has 1 aliphatic heterocycles. The fraction of sp³-hybridized carbons (Fsp3) is 0.450. The molecule has 0 bridgehead atoms. The van der Waals surface area contributed by atoms with Gasteiger partial charge < -0.3 is 35.8 Å². The van der Waals surface area contributed by atoms with Crippen molar-refractivity contribution < 1.29 is 34.1 Å². The third-order valence-corrected chi connectivity index (χ3v) is 4.96. The number of aromatic nitrogens is 2. The number of pyridine rings is 2. The fourth-order valence-corrected chi connectivity index (χ4v) is 3.17. The lowest BCUT2D eigenvalue weighted by Gasteiger charge is -2.29. The Morgan fingerprint density at radius 2 is 1.88 bits per heavy atom.